The second kappa shape index (κ2) is 7.62. The first kappa shape index (κ1) is 14.3. The normalized spacial score (nSPS) is 13.3. The van der Waals surface area contributed by atoms with Crippen LogP contribution in [0.4, 0.5) is 0 Å². The minimum atomic E-state index is -0.146. The number of nitrogens with two attached hydrogens (primary N) is 1. The summed E-state index contributed by atoms with van der Waals surface area (Å²) in [6.45, 7) is 5.89. The van der Waals surface area contributed by atoms with Gasteiger partial charge in [0.2, 0.25) is 0 Å². The quantitative estimate of drug-likeness (QED) is 0.233. The van der Waals surface area contributed by atoms with E-state index in [1.54, 1.807) is 0 Å². The SMILES string of the molecule is CNCCCN(C)C(C(=O)NN)C(C)C. The maximum atomic E-state index is 11.5. The Balaban J connectivity index is 4.17. The summed E-state index contributed by atoms with van der Waals surface area (Å²) in [5.41, 5.74) is 2.22. The van der Waals surface area contributed by atoms with Crippen LogP contribution in [0.15, 0.2) is 0 Å². The number of nitrogens with zero attached hydrogens (tertiary/aromatic N) is 1. The zero-order valence-electron chi connectivity index (χ0n) is 10.2. The summed E-state index contributed by atoms with van der Waals surface area (Å²) >= 11 is 0. The molecule has 0 radical (unpaired) electrons. The molecule has 15 heavy (non-hydrogen) atoms. The molecule has 0 aromatic heterocycles. The fraction of sp³-hybridized carbons (Fsp3) is 0.900. The van der Waals surface area contributed by atoms with Gasteiger partial charge in [0.1, 0.15) is 0 Å². The minimum Gasteiger partial charge on any atom is -0.320 e. The lowest BCUT2D eigenvalue weighted by molar-refractivity contribution is -0.127. The van der Waals surface area contributed by atoms with E-state index >= 15 is 0 Å². The smallest absolute Gasteiger partial charge is 0.251 e. The maximum Gasteiger partial charge on any atom is 0.251 e. The molecule has 0 spiro atoms. The lowest BCUT2D eigenvalue weighted by Crippen LogP contribution is -2.50. The van der Waals surface area contributed by atoms with Crippen molar-refractivity contribution < 1.29 is 4.79 Å². The monoisotopic (exact) mass is 216 g/mol. The zero-order valence-corrected chi connectivity index (χ0v) is 10.2. The minimum absolute atomic E-state index is 0.114. The molecule has 0 bridgehead atoms. The van der Waals surface area contributed by atoms with Crippen molar-refractivity contribution in [3.8, 4) is 0 Å². The highest BCUT2D eigenvalue weighted by atomic mass is 16.2. The molecule has 0 aromatic rings. The van der Waals surface area contributed by atoms with Gasteiger partial charge in [-0.3, -0.25) is 15.1 Å². The van der Waals surface area contributed by atoms with E-state index in [1.165, 1.54) is 0 Å². The van der Waals surface area contributed by atoms with Gasteiger partial charge in [-0.05, 0) is 39.5 Å². The van der Waals surface area contributed by atoms with Crippen LogP contribution < -0.4 is 16.6 Å². The Hall–Kier alpha value is -0.650. The number of carbonyl (C=O) groups excluding carboxylic acids is 1. The fourth-order valence-corrected chi connectivity index (χ4v) is 1.74. The van der Waals surface area contributed by atoms with E-state index in [-0.39, 0.29) is 17.9 Å². The van der Waals surface area contributed by atoms with Gasteiger partial charge in [0.15, 0.2) is 0 Å². The Kier molecular flexibility index (Phi) is 7.29. The number of likely N-dealkylation sites (N-methyl/N-ethyl adjacent to an activating group) is 1. The number of amides is 1. The predicted molar refractivity (Wildman–Crippen MR) is 62.1 cm³/mol. The highest BCUT2D eigenvalue weighted by Crippen LogP contribution is 2.09. The number of rotatable bonds is 7. The van der Waals surface area contributed by atoms with E-state index in [4.69, 9.17) is 5.84 Å². The molecule has 1 atom stereocenters. The van der Waals surface area contributed by atoms with Crippen molar-refractivity contribution in [3.05, 3.63) is 0 Å². The molecule has 1 unspecified atom stereocenters. The van der Waals surface area contributed by atoms with Crippen LogP contribution in [0.5, 0.6) is 0 Å². The molecular weight excluding hydrogens is 192 g/mol. The van der Waals surface area contributed by atoms with Gasteiger partial charge >= 0.3 is 0 Å². The third kappa shape index (κ3) is 5.11. The van der Waals surface area contributed by atoms with Crippen LogP contribution in [-0.2, 0) is 4.79 Å². The number of carbonyl (C=O) groups is 1. The van der Waals surface area contributed by atoms with Gasteiger partial charge in [-0.25, -0.2) is 5.84 Å². The number of nitrogens with one attached hydrogen (secondary N) is 2. The molecule has 5 heteroatoms. The lowest BCUT2D eigenvalue weighted by Gasteiger charge is -2.29. The average molecular weight is 216 g/mol. The molecule has 0 aliphatic carbocycles. The van der Waals surface area contributed by atoms with Gasteiger partial charge in [0.25, 0.3) is 5.91 Å². The van der Waals surface area contributed by atoms with Gasteiger partial charge in [-0.2, -0.15) is 0 Å². The van der Waals surface area contributed by atoms with Crippen molar-refractivity contribution in [2.45, 2.75) is 26.3 Å². The van der Waals surface area contributed by atoms with E-state index < -0.39 is 0 Å². The molecular formula is C10H24N4O. The maximum absolute atomic E-state index is 11.5. The Bertz CT molecular complexity index is 184. The van der Waals surface area contributed by atoms with Crippen LogP contribution in [0.1, 0.15) is 20.3 Å². The molecule has 0 fully saturated rings. The van der Waals surface area contributed by atoms with Crippen molar-refractivity contribution in [2.75, 3.05) is 27.2 Å². The number of hydrazine groups is 1. The first-order chi connectivity index (χ1) is 7.04. The highest BCUT2D eigenvalue weighted by molar-refractivity contribution is 5.81. The molecule has 1 amide bonds. The van der Waals surface area contributed by atoms with Gasteiger partial charge in [0.05, 0.1) is 6.04 Å². The molecule has 5 nitrogen and oxygen atoms in total. The molecule has 0 aromatic carbocycles. The van der Waals surface area contributed by atoms with E-state index in [1.807, 2.05) is 32.8 Å². The topological polar surface area (TPSA) is 70.4 Å². The third-order valence-electron chi connectivity index (χ3n) is 2.45. The first-order valence-electron chi connectivity index (χ1n) is 5.39. The van der Waals surface area contributed by atoms with E-state index in [2.05, 4.69) is 10.7 Å². The zero-order chi connectivity index (χ0) is 11.8. The Morgan fingerprint density at radius 1 is 1.47 bits per heavy atom. The molecule has 0 saturated heterocycles. The molecule has 4 N–H and O–H groups in total. The van der Waals surface area contributed by atoms with Gasteiger partial charge in [-0.15, -0.1) is 0 Å². The summed E-state index contributed by atoms with van der Waals surface area (Å²) in [4.78, 5) is 13.6. The van der Waals surface area contributed by atoms with E-state index in [0.717, 1.165) is 19.5 Å². The van der Waals surface area contributed by atoms with E-state index in [9.17, 15) is 4.79 Å². The summed E-state index contributed by atoms with van der Waals surface area (Å²) in [5, 5.41) is 3.08. The summed E-state index contributed by atoms with van der Waals surface area (Å²) in [6.07, 6.45) is 1.02. The van der Waals surface area contributed by atoms with Crippen LogP contribution >= 0.6 is 0 Å². The fourth-order valence-electron chi connectivity index (χ4n) is 1.74. The number of hydrogen-bond acceptors (Lipinski definition) is 4. The van der Waals surface area contributed by atoms with E-state index in [0.29, 0.717) is 0 Å². The van der Waals surface area contributed by atoms with Crippen molar-refractivity contribution >= 4 is 5.91 Å². The van der Waals surface area contributed by atoms with Crippen LogP contribution in [-0.4, -0.2) is 44.0 Å². The molecule has 90 valence electrons. The van der Waals surface area contributed by atoms with Crippen molar-refractivity contribution in [3.63, 3.8) is 0 Å². The highest BCUT2D eigenvalue weighted by Gasteiger charge is 2.25. The lowest BCUT2D eigenvalue weighted by atomic mass is 10.0. The summed E-state index contributed by atoms with van der Waals surface area (Å²) in [5.74, 6) is 5.31. The molecule has 0 rings (SSSR count). The second-order valence-electron chi connectivity index (χ2n) is 4.14. The Morgan fingerprint density at radius 3 is 2.47 bits per heavy atom. The molecule has 0 heterocycles. The second-order valence-corrected chi connectivity index (χ2v) is 4.14. The first-order valence-corrected chi connectivity index (χ1v) is 5.39. The van der Waals surface area contributed by atoms with Crippen LogP contribution in [0.3, 0.4) is 0 Å². The predicted octanol–water partition coefficient (Wildman–Crippen LogP) is -0.458. The Morgan fingerprint density at radius 2 is 2.07 bits per heavy atom. The standard InChI is InChI=1S/C10H24N4O/c1-8(2)9(10(15)13-11)14(4)7-5-6-12-3/h8-9,12H,5-7,11H2,1-4H3,(H,13,15). The summed E-state index contributed by atoms with van der Waals surface area (Å²) < 4.78 is 0. The van der Waals surface area contributed by atoms with Crippen molar-refractivity contribution in [2.24, 2.45) is 11.8 Å². The van der Waals surface area contributed by atoms with Crippen molar-refractivity contribution in [1.29, 1.82) is 0 Å². The van der Waals surface area contributed by atoms with Gasteiger partial charge in [-0.1, -0.05) is 13.8 Å². The molecule has 0 aliphatic rings. The molecule has 0 aliphatic heterocycles. The van der Waals surface area contributed by atoms with Crippen LogP contribution in [0.25, 0.3) is 0 Å². The average Bonchev–Trinajstić information content (AvgIpc) is 2.17. The molecule has 0 saturated carbocycles. The van der Waals surface area contributed by atoms with Gasteiger partial charge < -0.3 is 5.32 Å². The summed E-state index contributed by atoms with van der Waals surface area (Å²) in [7, 11) is 3.88. The van der Waals surface area contributed by atoms with Crippen LogP contribution in [0.2, 0.25) is 0 Å². The summed E-state index contributed by atoms with van der Waals surface area (Å²) in [6, 6.07) is -0.146. The van der Waals surface area contributed by atoms with Crippen molar-refractivity contribution in [1.82, 2.24) is 15.6 Å². The Labute approximate surface area is 92.4 Å². The van der Waals surface area contributed by atoms with Gasteiger partial charge in [0, 0.05) is 0 Å². The largest absolute Gasteiger partial charge is 0.320 e. The van der Waals surface area contributed by atoms with Crippen LogP contribution in [0, 0.1) is 5.92 Å². The number of hydrogen-bond donors (Lipinski definition) is 3. The third-order valence-corrected chi connectivity index (χ3v) is 2.45.